The first-order valence-electron chi connectivity index (χ1n) is 3.22. The molecule has 0 unspecified atom stereocenters. The van der Waals surface area contributed by atoms with Gasteiger partial charge in [0, 0.05) is 6.07 Å². The molecule has 0 spiro atoms. The van der Waals surface area contributed by atoms with Crippen LogP contribution in [0.4, 0.5) is 14.5 Å². The topological polar surface area (TPSA) is 56.0 Å². The van der Waals surface area contributed by atoms with Crippen LogP contribution in [0.15, 0.2) is 10.5 Å². The van der Waals surface area contributed by atoms with Crippen LogP contribution in [0.2, 0.25) is 5.15 Å². The predicted octanol–water partition coefficient (Wildman–Crippen LogP) is 3.34. The van der Waals surface area contributed by atoms with Crippen molar-refractivity contribution in [2.24, 2.45) is 0 Å². The van der Waals surface area contributed by atoms with Crippen LogP contribution in [0, 0.1) is 10.1 Å². The van der Waals surface area contributed by atoms with Crippen LogP contribution >= 0.6 is 27.5 Å². The number of hydrogen-bond donors (Lipinski definition) is 0. The van der Waals surface area contributed by atoms with Crippen LogP contribution in [0.25, 0.3) is 0 Å². The van der Waals surface area contributed by atoms with E-state index in [4.69, 9.17) is 11.6 Å². The van der Waals surface area contributed by atoms with E-state index in [1.54, 1.807) is 0 Å². The van der Waals surface area contributed by atoms with Gasteiger partial charge in [0.2, 0.25) is 0 Å². The van der Waals surface area contributed by atoms with E-state index >= 15 is 0 Å². The highest BCUT2D eigenvalue weighted by atomic mass is 79.9. The minimum atomic E-state index is -2.89. The van der Waals surface area contributed by atoms with Gasteiger partial charge in [-0.2, -0.15) is 0 Å². The fraction of sp³-hybridized carbons (Fsp3) is 0.167. The SMILES string of the molecule is O=[N+]([O-])c1cc(C(F)F)nc(Cl)c1Br. The normalized spacial score (nSPS) is 10.6. The zero-order chi connectivity index (χ0) is 10.9. The van der Waals surface area contributed by atoms with Gasteiger partial charge in [0.1, 0.15) is 10.2 Å². The highest BCUT2D eigenvalue weighted by Gasteiger charge is 2.21. The molecule has 0 amide bonds. The first-order valence-corrected chi connectivity index (χ1v) is 4.39. The van der Waals surface area contributed by atoms with Gasteiger partial charge >= 0.3 is 0 Å². The molecule has 0 N–H and O–H groups in total. The van der Waals surface area contributed by atoms with Crippen LogP contribution in [-0.2, 0) is 0 Å². The number of halogens is 4. The van der Waals surface area contributed by atoms with Crippen molar-refractivity contribution in [3.63, 3.8) is 0 Å². The summed E-state index contributed by atoms with van der Waals surface area (Å²) in [7, 11) is 0. The van der Waals surface area contributed by atoms with E-state index < -0.39 is 22.7 Å². The molecule has 1 rings (SSSR count). The zero-order valence-corrected chi connectivity index (χ0v) is 8.72. The third kappa shape index (κ3) is 2.16. The molecule has 0 aromatic carbocycles. The molecule has 0 aliphatic carbocycles. The fourth-order valence-electron chi connectivity index (χ4n) is 0.748. The van der Waals surface area contributed by atoms with E-state index in [0.717, 1.165) is 0 Å². The van der Waals surface area contributed by atoms with Crippen molar-refractivity contribution in [3.8, 4) is 0 Å². The number of hydrogen-bond acceptors (Lipinski definition) is 3. The van der Waals surface area contributed by atoms with E-state index in [2.05, 4.69) is 20.9 Å². The number of pyridine rings is 1. The van der Waals surface area contributed by atoms with E-state index in [1.807, 2.05) is 0 Å². The molecule has 0 radical (unpaired) electrons. The Hall–Kier alpha value is -0.820. The van der Waals surface area contributed by atoms with Crippen molar-refractivity contribution in [3.05, 3.63) is 31.5 Å². The van der Waals surface area contributed by atoms with Crippen molar-refractivity contribution in [2.75, 3.05) is 0 Å². The maximum absolute atomic E-state index is 12.2. The highest BCUT2D eigenvalue weighted by molar-refractivity contribution is 9.10. The molecule has 76 valence electrons. The molecular weight excluding hydrogens is 285 g/mol. The zero-order valence-electron chi connectivity index (χ0n) is 6.38. The van der Waals surface area contributed by atoms with Gasteiger partial charge < -0.3 is 0 Å². The van der Waals surface area contributed by atoms with Gasteiger partial charge in [0.25, 0.3) is 12.1 Å². The predicted molar refractivity (Wildman–Crippen MR) is 48.6 cm³/mol. The number of aromatic nitrogens is 1. The summed E-state index contributed by atoms with van der Waals surface area (Å²) in [4.78, 5) is 12.9. The third-order valence-corrected chi connectivity index (χ3v) is 2.62. The molecule has 14 heavy (non-hydrogen) atoms. The maximum atomic E-state index is 12.2. The molecule has 8 heteroatoms. The van der Waals surface area contributed by atoms with Gasteiger partial charge in [-0.3, -0.25) is 10.1 Å². The Kier molecular flexibility index (Phi) is 3.33. The third-order valence-electron chi connectivity index (χ3n) is 1.34. The molecule has 1 heterocycles. The summed E-state index contributed by atoms with van der Waals surface area (Å²) in [6.07, 6.45) is -2.89. The monoisotopic (exact) mass is 286 g/mol. The minimum absolute atomic E-state index is 0.103. The lowest BCUT2D eigenvalue weighted by Crippen LogP contribution is -1.97. The Balaban J connectivity index is 3.35. The van der Waals surface area contributed by atoms with Crippen LogP contribution < -0.4 is 0 Å². The number of nitrogens with zero attached hydrogens (tertiary/aromatic N) is 2. The summed E-state index contributed by atoms with van der Waals surface area (Å²) in [5.74, 6) is 0. The molecule has 0 aliphatic heterocycles. The van der Waals surface area contributed by atoms with Crippen molar-refractivity contribution >= 4 is 33.2 Å². The van der Waals surface area contributed by atoms with E-state index in [-0.39, 0.29) is 9.63 Å². The van der Waals surface area contributed by atoms with Crippen molar-refractivity contribution in [2.45, 2.75) is 6.43 Å². The summed E-state index contributed by atoms with van der Waals surface area (Å²) in [6.45, 7) is 0. The lowest BCUT2D eigenvalue weighted by Gasteiger charge is -2.01. The van der Waals surface area contributed by atoms with Crippen LogP contribution in [0.5, 0.6) is 0 Å². The standard InChI is InChI=1S/C6H2BrClF2N2O2/c7-4-3(12(13)14)1-2(6(9)10)11-5(4)8/h1,6H. The second-order valence-corrected chi connectivity index (χ2v) is 3.38. The van der Waals surface area contributed by atoms with Gasteiger partial charge in [0.15, 0.2) is 5.15 Å². The Morgan fingerprint density at radius 1 is 1.64 bits per heavy atom. The van der Waals surface area contributed by atoms with Crippen LogP contribution in [0.1, 0.15) is 12.1 Å². The second-order valence-electron chi connectivity index (χ2n) is 2.23. The molecule has 0 bridgehead atoms. The maximum Gasteiger partial charge on any atom is 0.288 e. The Morgan fingerprint density at radius 3 is 2.64 bits per heavy atom. The van der Waals surface area contributed by atoms with Gasteiger partial charge in [0.05, 0.1) is 4.92 Å². The summed E-state index contributed by atoms with van der Waals surface area (Å²) >= 11 is 8.19. The summed E-state index contributed by atoms with van der Waals surface area (Å²) < 4.78 is 24.2. The summed E-state index contributed by atoms with van der Waals surface area (Å²) in [5, 5.41) is 10.0. The summed E-state index contributed by atoms with van der Waals surface area (Å²) in [6, 6.07) is 0.681. The molecule has 0 saturated heterocycles. The largest absolute Gasteiger partial charge is 0.288 e. The Bertz CT molecular complexity index is 388. The number of alkyl halides is 2. The smallest absolute Gasteiger partial charge is 0.258 e. The van der Waals surface area contributed by atoms with Crippen LogP contribution in [-0.4, -0.2) is 9.91 Å². The van der Waals surface area contributed by atoms with Crippen molar-refractivity contribution < 1.29 is 13.7 Å². The number of nitro groups is 1. The second kappa shape index (κ2) is 4.14. The van der Waals surface area contributed by atoms with Gasteiger partial charge in [-0.1, -0.05) is 11.6 Å². The van der Waals surface area contributed by atoms with E-state index in [0.29, 0.717) is 6.07 Å². The molecule has 1 aromatic heterocycles. The molecule has 1 aromatic rings. The van der Waals surface area contributed by atoms with E-state index in [9.17, 15) is 18.9 Å². The number of rotatable bonds is 2. The molecule has 0 fully saturated rings. The average molecular weight is 287 g/mol. The van der Waals surface area contributed by atoms with Gasteiger partial charge in [-0.05, 0) is 15.9 Å². The Morgan fingerprint density at radius 2 is 2.21 bits per heavy atom. The highest BCUT2D eigenvalue weighted by Crippen LogP contribution is 2.33. The first kappa shape index (κ1) is 11.3. The van der Waals surface area contributed by atoms with E-state index in [1.165, 1.54) is 0 Å². The quantitative estimate of drug-likeness (QED) is 0.476. The van der Waals surface area contributed by atoms with Crippen molar-refractivity contribution in [1.29, 1.82) is 0 Å². The van der Waals surface area contributed by atoms with Gasteiger partial charge in [-0.25, -0.2) is 13.8 Å². The van der Waals surface area contributed by atoms with Gasteiger partial charge in [-0.15, -0.1) is 0 Å². The molecule has 0 saturated carbocycles. The molecule has 4 nitrogen and oxygen atoms in total. The molecule has 0 aliphatic rings. The fourth-order valence-corrected chi connectivity index (χ4v) is 1.29. The Labute approximate surface area is 90.2 Å². The van der Waals surface area contributed by atoms with Crippen molar-refractivity contribution in [1.82, 2.24) is 4.98 Å². The summed E-state index contributed by atoms with van der Waals surface area (Å²) in [5.41, 5.74) is -1.25. The average Bonchev–Trinajstić information content (AvgIpc) is 2.08. The lowest BCUT2D eigenvalue weighted by atomic mass is 10.3. The van der Waals surface area contributed by atoms with Crippen LogP contribution in [0.3, 0.4) is 0 Å². The molecular formula is C6H2BrClF2N2O2. The first-order chi connectivity index (χ1) is 6.43. The molecule has 0 atom stereocenters. The lowest BCUT2D eigenvalue weighted by molar-refractivity contribution is -0.385. The minimum Gasteiger partial charge on any atom is -0.258 e.